The Bertz CT molecular complexity index is 859. The standard InChI is InChI=1S/C15H16N4O2S/c20-22(21,12-13-6-2-1-3-7-13)16-10-9-15-18-17-14-8-4-5-11-19(14)15/h1-8,11,16H,9-10,12H2. The molecule has 1 aromatic carbocycles. The van der Waals surface area contributed by atoms with Crippen molar-refractivity contribution < 1.29 is 8.42 Å². The zero-order valence-electron chi connectivity index (χ0n) is 11.9. The summed E-state index contributed by atoms with van der Waals surface area (Å²) in [5.74, 6) is 0.715. The molecule has 0 aliphatic heterocycles. The first-order chi connectivity index (χ1) is 10.6. The molecule has 2 heterocycles. The predicted molar refractivity (Wildman–Crippen MR) is 83.8 cm³/mol. The Hall–Kier alpha value is -2.25. The van der Waals surface area contributed by atoms with Crippen LogP contribution in [0.5, 0.6) is 0 Å². The van der Waals surface area contributed by atoms with E-state index in [4.69, 9.17) is 0 Å². The van der Waals surface area contributed by atoms with Gasteiger partial charge in [0.1, 0.15) is 5.82 Å². The number of fused-ring (bicyclic) bond motifs is 1. The minimum absolute atomic E-state index is 0.0194. The summed E-state index contributed by atoms with van der Waals surface area (Å²) in [4.78, 5) is 0. The third-order valence-corrected chi connectivity index (χ3v) is 4.61. The maximum Gasteiger partial charge on any atom is 0.215 e. The smallest absolute Gasteiger partial charge is 0.215 e. The summed E-state index contributed by atoms with van der Waals surface area (Å²) in [5.41, 5.74) is 1.52. The van der Waals surface area contributed by atoms with Crippen molar-refractivity contribution in [3.8, 4) is 0 Å². The number of aromatic nitrogens is 3. The van der Waals surface area contributed by atoms with Crippen LogP contribution >= 0.6 is 0 Å². The third kappa shape index (κ3) is 3.49. The van der Waals surface area contributed by atoms with Crippen LogP contribution in [0.25, 0.3) is 5.65 Å². The van der Waals surface area contributed by atoms with Crippen LogP contribution in [0.2, 0.25) is 0 Å². The molecule has 0 radical (unpaired) electrons. The van der Waals surface area contributed by atoms with Crippen molar-refractivity contribution in [1.82, 2.24) is 19.3 Å². The maximum absolute atomic E-state index is 12.0. The molecule has 0 aliphatic carbocycles. The van der Waals surface area contributed by atoms with Gasteiger partial charge in [0, 0.05) is 19.2 Å². The van der Waals surface area contributed by atoms with Gasteiger partial charge in [-0.05, 0) is 17.7 Å². The lowest BCUT2D eigenvalue weighted by molar-refractivity contribution is 0.580. The van der Waals surface area contributed by atoms with Gasteiger partial charge in [-0.15, -0.1) is 10.2 Å². The summed E-state index contributed by atoms with van der Waals surface area (Å²) in [6, 6.07) is 14.7. The van der Waals surface area contributed by atoms with Crippen LogP contribution in [0.3, 0.4) is 0 Å². The number of hydrogen-bond donors (Lipinski definition) is 1. The van der Waals surface area contributed by atoms with Gasteiger partial charge in [0.05, 0.1) is 5.75 Å². The van der Waals surface area contributed by atoms with Gasteiger partial charge in [0.25, 0.3) is 0 Å². The lowest BCUT2D eigenvalue weighted by atomic mass is 10.2. The highest BCUT2D eigenvalue weighted by Crippen LogP contribution is 2.05. The molecule has 1 N–H and O–H groups in total. The molecule has 0 aliphatic rings. The minimum Gasteiger partial charge on any atom is -0.286 e. The second-order valence-electron chi connectivity index (χ2n) is 4.93. The number of pyridine rings is 1. The molecule has 3 rings (SSSR count). The third-order valence-electron chi connectivity index (χ3n) is 3.25. The van der Waals surface area contributed by atoms with Crippen LogP contribution < -0.4 is 4.72 Å². The Morgan fingerprint density at radius 1 is 1.00 bits per heavy atom. The normalized spacial score (nSPS) is 11.8. The van der Waals surface area contributed by atoms with E-state index >= 15 is 0 Å². The monoisotopic (exact) mass is 316 g/mol. The van der Waals surface area contributed by atoms with E-state index in [2.05, 4.69) is 14.9 Å². The molecule has 114 valence electrons. The zero-order chi connectivity index (χ0) is 15.4. The highest BCUT2D eigenvalue weighted by molar-refractivity contribution is 7.88. The van der Waals surface area contributed by atoms with Crippen molar-refractivity contribution in [1.29, 1.82) is 0 Å². The van der Waals surface area contributed by atoms with Crippen LogP contribution in [-0.2, 0) is 22.2 Å². The van der Waals surface area contributed by atoms with E-state index in [1.165, 1.54) is 0 Å². The average Bonchev–Trinajstić information content (AvgIpc) is 2.91. The fourth-order valence-corrected chi connectivity index (χ4v) is 3.37. The summed E-state index contributed by atoms with van der Waals surface area (Å²) in [6.45, 7) is 0.296. The molecule has 0 atom stereocenters. The van der Waals surface area contributed by atoms with Crippen molar-refractivity contribution in [2.24, 2.45) is 0 Å². The van der Waals surface area contributed by atoms with Gasteiger partial charge < -0.3 is 0 Å². The quantitative estimate of drug-likeness (QED) is 0.745. The topological polar surface area (TPSA) is 76.4 Å². The second kappa shape index (κ2) is 6.25. The molecule has 0 fully saturated rings. The van der Waals surface area contributed by atoms with Crippen LogP contribution in [-0.4, -0.2) is 29.6 Å². The molecule has 0 bridgehead atoms. The number of hydrogen-bond acceptors (Lipinski definition) is 4. The molecular weight excluding hydrogens is 300 g/mol. The van der Waals surface area contributed by atoms with E-state index in [1.807, 2.05) is 47.0 Å². The Labute approximate surface area is 128 Å². The lowest BCUT2D eigenvalue weighted by Gasteiger charge is -2.06. The predicted octanol–water partition coefficient (Wildman–Crippen LogP) is 1.39. The summed E-state index contributed by atoms with van der Waals surface area (Å²) in [6.07, 6.45) is 2.35. The molecular formula is C15H16N4O2S. The van der Waals surface area contributed by atoms with Crippen LogP contribution in [0, 0.1) is 0 Å². The van der Waals surface area contributed by atoms with Crippen LogP contribution in [0.4, 0.5) is 0 Å². The number of nitrogens with zero attached hydrogens (tertiary/aromatic N) is 3. The Morgan fingerprint density at radius 3 is 2.59 bits per heavy atom. The Morgan fingerprint density at radius 2 is 1.77 bits per heavy atom. The summed E-state index contributed by atoms with van der Waals surface area (Å²) in [7, 11) is -3.35. The van der Waals surface area contributed by atoms with Crippen molar-refractivity contribution in [3.05, 3.63) is 66.1 Å². The van der Waals surface area contributed by atoms with E-state index in [0.29, 0.717) is 13.0 Å². The molecule has 0 saturated heterocycles. The van der Waals surface area contributed by atoms with E-state index in [1.54, 1.807) is 12.1 Å². The maximum atomic E-state index is 12.0. The molecule has 2 aromatic heterocycles. The van der Waals surface area contributed by atoms with E-state index in [-0.39, 0.29) is 5.75 Å². The fourth-order valence-electron chi connectivity index (χ4n) is 2.22. The van der Waals surface area contributed by atoms with Gasteiger partial charge in [-0.1, -0.05) is 36.4 Å². The van der Waals surface area contributed by atoms with Gasteiger partial charge in [0.15, 0.2) is 5.65 Å². The summed E-state index contributed by atoms with van der Waals surface area (Å²) >= 11 is 0. The summed E-state index contributed by atoms with van der Waals surface area (Å²) in [5, 5.41) is 8.11. The minimum atomic E-state index is -3.35. The first kappa shape index (κ1) is 14.7. The van der Waals surface area contributed by atoms with Crippen molar-refractivity contribution in [2.75, 3.05) is 6.54 Å². The zero-order valence-corrected chi connectivity index (χ0v) is 12.7. The highest BCUT2D eigenvalue weighted by atomic mass is 32.2. The number of rotatable bonds is 6. The molecule has 0 amide bonds. The Balaban J connectivity index is 1.60. The molecule has 6 nitrogen and oxygen atoms in total. The number of sulfonamides is 1. The first-order valence-corrected chi connectivity index (χ1v) is 8.59. The van der Waals surface area contributed by atoms with Gasteiger partial charge in [0.2, 0.25) is 10.0 Å². The molecule has 3 aromatic rings. The van der Waals surface area contributed by atoms with Crippen molar-refractivity contribution in [2.45, 2.75) is 12.2 Å². The molecule has 22 heavy (non-hydrogen) atoms. The van der Waals surface area contributed by atoms with Crippen molar-refractivity contribution in [3.63, 3.8) is 0 Å². The largest absolute Gasteiger partial charge is 0.286 e. The Kier molecular flexibility index (Phi) is 4.17. The van der Waals surface area contributed by atoms with Gasteiger partial charge in [-0.25, -0.2) is 13.1 Å². The molecule has 0 spiro atoms. The summed E-state index contributed by atoms with van der Waals surface area (Å²) < 4.78 is 28.5. The van der Waals surface area contributed by atoms with E-state index in [9.17, 15) is 8.42 Å². The van der Waals surface area contributed by atoms with E-state index in [0.717, 1.165) is 17.0 Å². The number of benzene rings is 1. The molecule has 0 saturated carbocycles. The van der Waals surface area contributed by atoms with Crippen LogP contribution in [0.15, 0.2) is 54.7 Å². The highest BCUT2D eigenvalue weighted by Gasteiger charge is 2.12. The van der Waals surface area contributed by atoms with Crippen molar-refractivity contribution >= 4 is 15.7 Å². The van der Waals surface area contributed by atoms with Crippen LogP contribution in [0.1, 0.15) is 11.4 Å². The lowest BCUT2D eigenvalue weighted by Crippen LogP contribution is -2.27. The second-order valence-corrected chi connectivity index (χ2v) is 6.74. The van der Waals surface area contributed by atoms with E-state index < -0.39 is 10.0 Å². The average molecular weight is 316 g/mol. The fraction of sp³-hybridized carbons (Fsp3) is 0.200. The van der Waals surface area contributed by atoms with Gasteiger partial charge >= 0.3 is 0 Å². The number of nitrogens with one attached hydrogen (secondary N) is 1. The molecule has 7 heteroatoms. The SMILES string of the molecule is O=S(=O)(Cc1ccccc1)NCCc1nnc2ccccn12. The van der Waals surface area contributed by atoms with Gasteiger partial charge in [-0.3, -0.25) is 4.40 Å². The first-order valence-electron chi connectivity index (χ1n) is 6.94. The molecule has 0 unspecified atom stereocenters. The van der Waals surface area contributed by atoms with Gasteiger partial charge in [-0.2, -0.15) is 0 Å².